The van der Waals surface area contributed by atoms with Gasteiger partial charge < -0.3 is 40.5 Å². The topological polar surface area (TPSA) is 86.4 Å². The average Bonchev–Trinajstić information content (AvgIpc) is 3.54. The van der Waals surface area contributed by atoms with Gasteiger partial charge in [0.1, 0.15) is 6.10 Å². The highest BCUT2D eigenvalue weighted by Gasteiger charge is 2.44. The summed E-state index contributed by atoms with van der Waals surface area (Å²) in [6, 6.07) is 0.814. The van der Waals surface area contributed by atoms with Crippen molar-refractivity contribution in [3.8, 4) is 0 Å². The van der Waals surface area contributed by atoms with Crippen LogP contribution < -0.4 is 0 Å². The maximum Gasteiger partial charge on any atom is 0.679 e. The highest BCUT2D eigenvalue weighted by molar-refractivity contribution is 6.60. The largest absolute Gasteiger partial charge is 0.679 e. The molecule has 0 bridgehead atoms. The van der Waals surface area contributed by atoms with E-state index >= 15 is 0 Å². The van der Waals surface area contributed by atoms with Gasteiger partial charge >= 0.3 is 17.9 Å². The lowest BCUT2D eigenvalue weighted by atomic mass is 10.5. The number of ether oxygens (including phenoxy) is 2. The van der Waals surface area contributed by atoms with Crippen molar-refractivity contribution in [2.24, 2.45) is 0 Å². The van der Waals surface area contributed by atoms with Crippen LogP contribution in [-0.2, 0) is 40.5 Å². The molecular weight excluding hydrogens is 440 g/mol. The van der Waals surface area contributed by atoms with Gasteiger partial charge in [0.2, 0.25) is 0 Å². The maximum absolute atomic E-state index is 5.76. The smallest absolute Gasteiger partial charge is 0.379 e. The molecule has 0 aromatic carbocycles. The van der Waals surface area contributed by atoms with Crippen molar-refractivity contribution in [1.29, 1.82) is 0 Å². The van der Waals surface area contributed by atoms with Gasteiger partial charge in [0, 0.05) is 58.9 Å². The van der Waals surface area contributed by atoms with Gasteiger partial charge in [-0.1, -0.05) is 0 Å². The van der Waals surface area contributed by atoms with Crippen LogP contribution in [0.2, 0.25) is 6.04 Å². The van der Waals surface area contributed by atoms with Crippen molar-refractivity contribution in [2.45, 2.75) is 67.0 Å². The normalized spacial score (nSPS) is 16.2. The van der Waals surface area contributed by atoms with E-state index in [1.54, 1.807) is 0 Å². The number of hydrogen-bond donors (Lipinski definition) is 0. The minimum atomic E-state index is -2.80. The predicted octanol–water partition coefficient (Wildman–Crippen LogP) is 3.41. The Morgan fingerprint density at radius 2 is 1.03 bits per heavy atom. The van der Waals surface area contributed by atoms with Crippen LogP contribution in [0.1, 0.15) is 54.9 Å². The molecule has 1 atom stereocenters. The first-order chi connectivity index (χ1) is 15.0. The van der Waals surface area contributed by atoms with Crippen LogP contribution >= 0.6 is 0 Å². The molecule has 0 radical (unpaired) electrons. The summed E-state index contributed by atoms with van der Waals surface area (Å²) in [5, 5.41) is 0. The van der Waals surface area contributed by atoms with Crippen molar-refractivity contribution >= 4 is 17.9 Å². The second-order valence-corrected chi connectivity index (χ2v) is 11.2. The zero-order chi connectivity index (χ0) is 23.4. The van der Waals surface area contributed by atoms with E-state index in [9.17, 15) is 0 Å². The van der Waals surface area contributed by atoms with Crippen LogP contribution in [0.4, 0.5) is 0 Å². The first kappa shape index (κ1) is 31.1. The zero-order valence-electron chi connectivity index (χ0n) is 20.7. The van der Waals surface area contributed by atoms with Gasteiger partial charge in [-0.25, -0.2) is 0 Å². The second kappa shape index (κ2) is 19.5. The van der Waals surface area contributed by atoms with Crippen molar-refractivity contribution in [1.82, 2.24) is 0 Å². The summed E-state index contributed by atoms with van der Waals surface area (Å²) in [6.07, 6.45) is 1.23. The molecule has 1 heterocycles. The molecule has 0 aromatic heterocycles. The van der Waals surface area contributed by atoms with Crippen molar-refractivity contribution in [2.75, 3.05) is 66.1 Å². The fraction of sp³-hybridized carbons (Fsp3) is 1.00. The standard InChI is InChI=1S/C12H26O5Si.C8H20O4Si/c1-4-15-18(16-5-2,17-6-3)9-7-8-13-10-12-11-14-12;1-5-9-13(10-6-2,11-7-3)12-8-4/h12H,4-11H2,1-3H3;5-8H2,1-4H3. The highest BCUT2D eigenvalue weighted by atomic mass is 28.4. The summed E-state index contributed by atoms with van der Waals surface area (Å²) in [5.41, 5.74) is 0. The van der Waals surface area contributed by atoms with Crippen LogP contribution in [0, 0.1) is 0 Å². The highest BCUT2D eigenvalue weighted by Crippen LogP contribution is 2.18. The molecule has 1 aliphatic rings. The average molecular weight is 487 g/mol. The van der Waals surface area contributed by atoms with E-state index in [1.165, 1.54) is 0 Å². The quantitative estimate of drug-likeness (QED) is 0.146. The van der Waals surface area contributed by atoms with Crippen molar-refractivity contribution in [3.05, 3.63) is 0 Å². The van der Waals surface area contributed by atoms with Gasteiger partial charge in [-0.15, -0.1) is 0 Å². The van der Waals surface area contributed by atoms with E-state index in [2.05, 4.69) is 0 Å². The first-order valence-electron chi connectivity index (χ1n) is 11.7. The Kier molecular flexibility index (Phi) is 19.6. The number of epoxide rings is 1. The van der Waals surface area contributed by atoms with E-state index in [-0.39, 0.29) is 0 Å². The lowest BCUT2D eigenvalue weighted by Gasteiger charge is -2.28. The molecule has 188 valence electrons. The molecule has 1 saturated heterocycles. The Bertz CT molecular complexity index is 354. The molecule has 31 heavy (non-hydrogen) atoms. The molecular formula is C20H46O9Si2. The molecule has 1 rings (SSSR count). The lowest BCUT2D eigenvalue weighted by molar-refractivity contribution is -0.0247. The molecule has 0 aliphatic carbocycles. The fourth-order valence-corrected chi connectivity index (χ4v) is 7.22. The van der Waals surface area contributed by atoms with Gasteiger partial charge in [0.15, 0.2) is 0 Å². The van der Waals surface area contributed by atoms with Gasteiger partial charge in [0.25, 0.3) is 0 Å². The third kappa shape index (κ3) is 14.8. The molecule has 0 spiro atoms. The van der Waals surface area contributed by atoms with Gasteiger partial charge in [0.05, 0.1) is 13.2 Å². The summed E-state index contributed by atoms with van der Waals surface area (Å²) in [5.74, 6) is 0. The zero-order valence-corrected chi connectivity index (χ0v) is 22.7. The van der Waals surface area contributed by atoms with Crippen LogP contribution in [-0.4, -0.2) is 90.0 Å². The number of rotatable bonds is 20. The molecule has 9 nitrogen and oxygen atoms in total. The maximum atomic E-state index is 5.76. The van der Waals surface area contributed by atoms with E-state index in [1.807, 2.05) is 48.5 Å². The summed E-state index contributed by atoms with van der Waals surface area (Å²) < 4.78 is 49.6. The predicted molar refractivity (Wildman–Crippen MR) is 123 cm³/mol. The number of hydrogen-bond acceptors (Lipinski definition) is 9. The molecule has 1 unspecified atom stereocenters. The van der Waals surface area contributed by atoms with Crippen molar-refractivity contribution < 1.29 is 40.5 Å². The molecule has 0 N–H and O–H groups in total. The Morgan fingerprint density at radius 3 is 1.35 bits per heavy atom. The monoisotopic (exact) mass is 486 g/mol. The molecule has 1 aliphatic heterocycles. The van der Waals surface area contributed by atoms with Crippen molar-refractivity contribution in [3.63, 3.8) is 0 Å². The molecule has 1 fully saturated rings. The summed E-state index contributed by atoms with van der Waals surface area (Å²) in [4.78, 5) is 0. The molecule has 0 saturated carbocycles. The van der Waals surface area contributed by atoms with Crippen LogP contribution in [0.3, 0.4) is 0 Å². The fourth-order valence-electron chi connectivity index (χ4n) is 2.73. The molecule has 0 aromatic rings. The molecule has 11 heteroatoms. The summed E-state index contributed by atoms with van der Waals surface area (Å²) in [7, 11) is -5.26. The summed E-state index contributed by atoms with van der Waals surface area (Å²) in [6.45, 7) is 19.9. The lowest BCUT2D eigenvalue weighted by Crippen LogP contribution is -2.49. The first-order valence-corrected chi connectivity index (χ1v) is 15.2. The minimum Gasteiger partial charge on any atom is -0.379 e. The third-order valence-corrected chi connectivity index (χ3v) is 9.58. The van der Waals surface area contributed by atoms with Crippen LogP contribution in [0.25, 0.3) is 0 Å². The van der Waals surface area contributed by atoms with Crippen LogP contribution in [0.15, 0.2) is 0 Å². The van der Waals surface area contributed by atoms with E-state index in [4.69, 9.17) is 40.5 Å². The Morgan fingerprint density at radius 1 is 0.645 bits per heavy atom. The van der Waals surface area contributed by atoms with Crippen LogP contribution in [0.5, 0.6) is 0 Å². The Balaban J connectivity index is 0.000000615. The Labute approximate surface area is 191 Å². The molecule has 0 amide bonds. The second-order valence-electron chi connectivity index (χ2n) is 6.35. The SMILES string of the molecule is CCO[Si](CCCOCC1CO1)(OCC)OCC.CCO[Si](OCC)(OCC)OCC. The third-order valence-electron chi connectivity index (χ3n) is 3.85. The van der Waals surface area contributed by atoms with Gasteiger partial charge in [-0.3, -0.25) is 0 Å². The van der Waals surface area contributed by atoms with E-state index < -0.39 is 17.9 Å². The summed E-state index contributed by atoms with van der Waals surface area (Å²) >= 11 is 0. The van der Waals surface area contributed by atoms with Gasteiger partial charge in [-0.05, 0) is 54.9 Å². The minimum absolute atomic E-state index is 0.331. The van der Waals surface area contributed by atoms with Gasteiger partial charge in [-0.2, -0.15) is 0 Å². The van der Waals surface area contributed by atoms with E-state index in [0.717, 1.165) is 19.1 Å². The Hall–Kier alpha value is 0.0738. The van der Waals surface area contributed by atoms with E-state index in [0.29, 0.717) is 65.6 Å².